The summed E-state index contributed by atoms with van der Waals surface area (Å²) >= 11 is 0. The molecule has 0 amide bonds. The standard InChI is InChI=1S/C33H43N3O3/c1-19-35-27(39-36-19)30(5)12-11-29(4)13-14-33(8)25(21(29)17-30)22(37)15-24-31(6)16-20(18-34)26(38)28(2,3)23(31)9-10-32(24,33)7/h15-16,21,23,25H,9-14,17H2,1-8H3/t21-,23-,25-,29+,30-,31-,32+,33+/m0/s1. The predicted molar refractivity (Wildman–Crippen MR) is 147 cm³/mol. The fourth-order valence-electron chi connectivity index (χ4n) is 10.5. The number of ketones is 2. The summed E-state index contributed by atoms with van der Waals surface area (Å²) in [6.07, 6.45) is 10.8. The number of rotatable bonds is 1. The van der Waals surface area contributed by atoms with Crippen molar-refractivity contribution < 1.29 is 14.1 Å². The summed E-state index contributed by atoms with van der Waals surface area (Å²) in [4.78, 5) is 32.4. The van der Waals surface area contributed by atoms with E-state index in [9.17, 15) is 14.9 Å². The normalized spacial score (nSPS) is 46.6. The number of carbonyl (C=O) groups excluding carboxylic acids is 2. The highest BCUT2D eigenvalue weighted by Crippen LogP contribution is 2.74. The van der Waals surface area contributed by atoms with Crippen molar-refractivity contribution >= 4 is 11.6 Å². The van der Waals surface area contributed by atoms with E-state index in [1.807, 2.05) is 32.9 Å². The Bertz CT molecular complexity index is 1390. The van der Waals surface area contributed by atoms with Gasteiger partial charge in [-0.1, -0.05) is 65.3 Å². The number of nitriles is 1. The zero-order chi connectivity index (χ0) is 28.4. The second-order valence-corrected chi connectivity index (χ2v) is 15.5. The highest BCUT2D eigenvalue weighted by Gasteiger charge is 2.69. The Kier molecular flexibility index (Phi) is 5.33. The lowest BCUT2D eigenvalue weighted by Crippen LogP contribution is -2.64. The van der Waals surface area contributed by atoms with Gasteiger partial charge in [-0.2, -0.15) is 10.2 Å². The average Bonchev–Trinajstić information content (AvgIpc) is 3.31. The van der Waals surface area contributed by atoms with Crippen LogP contribution in [0.5, 0.6) is 0 Å². The number of aromatic nitrogens is 2. The van der Waals surface area contributed by atoms with Gasteiger partial charge in [0.15, 0.2) is 17.4 Å². The summed E-state index contributed by atoms with van der Waals surface area (Å²) in [5.74, 6) is 1.75. The third kappa shape index (κ3) is 3.19. The molecular weight excluding hydrogens is 486 g/mol. The third-order valence-electron chi connectivity index (χ3n) is 13.1. The molecule has 39 heavy (non-hydrogen) atoms. The molecule has 3 saturated carbocycles. The Morgan fingerprint density at radius 3 is 2.33 bits per heavy atom. The maximum Gasteiger partial charge on any atom is 0.232 e. The van der Waals surface area contributed by atoms with Crippen LogP contribution in [0.15, 0.2) is 27.8 Å². The molecule has 0 spiro atoms. The Hall–Kier alpha value is -2.55. The molecule has 0 N–H and O–H groups in total. The number of carbonyl (C=O) groups is 2. The van der Waals surface area contributed by atoms with Gasteiger partial charge in [0.05, 0.1) is 5.57 Å². The van der Waals surface area contributed by atoms with Gasteiger partial charge in [0.2, 0.25) is 5.89 Å². The maximum atomic E-state index is 14.5. The minimum Gasteiger partial charge on any atom is -0.339 e. The van der Waals surface area contributed by atoms with Gasteiger partial charge < -0.3 is 4.52 Å². The second-order valence-electron chi connectivity index (χ2n) is 15.5. The van der Waals surface area contributed by atoms with E-state index in [1.54, 1.807) is 0 Å². The fraction of sp³-hybridized carbons (Fsp3) is 0.727. The number of nitrogens with zero attached hydrogens (tertiary/aromatic N) is 3. The van der Waals surface area contributed by atoms with E-state index in [4.69, 9.17) is 4.52 Å². The summed E-state index contributed by atoms with van der Waals surface area (Å²) in [6.45, 7) is 17.4. The van der Waals surface area contributed by atoms with Crippen LogP contribution in [0, 0.1) is 63.1 Å². The number of aryl methyl sites for hydroxylation is 1. The van der Waals surface area contributed by atoms with Crippen molar-refractivity contribution in [3.8, 4) is 6.07 Å². The summed E-state index contributed by atoms with van der Waals surface area (Å²) in [5.41, 5.74) is -0.280. The van der Waals surface area contributed by atoms with Gasteiger partial charge >= 0.3 is 0 Å². The van der Waals surface area contributed by atoms with Crippen molar-refractivity contribution in [3.63, 3.8) is 0 Å². The minimum atomic E-state index is -0.643. The van der Waals surface area contributed by atoms with Gasteiger partial charge in [0, 0.05) is 22.2 Å². The first-order valence-corrected chi connectivity index (χ1v) is 14.8. The molecule has 0 bridgehead atoms. The molecule has 1 aromatic rings. The lowest BCUT2D eigenvalue weighted by atomic mass is 9.34. The highest BCUT2D eigenvalue weighted by atomic mass is 16.5. The number of hydrogen-bond acceptors (Lipinski definition) is 6. The molecule has 8 atom stereocenters. The average molecular weight is 530 g/mol. The van der Waals surface area contributed by atoms with E-state index in [0.29, 0.717) is 11.7 Å². The first kappa shape index (κ1) is 26.7. The van der Waals surface area contributed by atoms with Gasteiger partial charge in [-0.15, -0.1) is 0 Å². The number of Topliss-reactive ketones (excluding diaryl/α,β-unsaturated/α-hetero) is 1. The topological polar surface area (TPSA) is 96.9 Å². The van der Waals surface area contributed by atoms with Crippen LogP contribution in [0.3, 0.4) is 0 Å². The van der Waals surface area contributed by atoms with Crippen LogP contribution >= 0.6 is 0 Å². The van der Waals surface area contributed by atoms with E-state index in [1.165, 1.54) is 0 Å². The van der Waals surface area contributed by atoms with Gasteiger partial charge in [0.1, 0.15) is 6.07 Å². The largest absolute Gasteiger partial charge is 0.339 e. The van der Waals surface area contributed by atoms with Crippen LogP contribution in [0.25, 0.3) is 0 Å². The lowest BCUT2D eigenvalue weighted by Gasteiger charge is -2.69. The van der Waals surface area contributed by atoms with Crippen LogP contribution < -0.4 is 0 Å². The van der Waals surface area contributed by atoms with Crippen molar-refractivity contribution in [2.45, 2.75) is 106 Å². The van der Waals surface area contributed by atoms with E-state index in [0.717, 1.165) is 50.5 Å². The molecule has 3 fully saturated rings. The van der Waals surface area contributed by atoms with E-state index in [2.05, 4.69) is 50.8 Å². The fourth-order valence-corrected chi connectivity index (χ4v) is 10.5. The van der Waals surface area contributed by atoms with Crippen LogP contribution in [-0.4, -0.2) is 21.7 Å². The Morgan fingerprint density at radius 1 is 1.00 bits per heavy atom. The third-order valence-corrected chi connectivity index (χ3v) is 13.1. The number of fused-ring (bicyclic) bond motifs is 7. The summed E-state index contributed by atoms with van der Waals surface area (Å²) < 4.78 is 5.72. The molecule has 1 aromatic heterocycles. The van der Waals surface area contributed by atoms with Crippen LogP contribution in [0.4, 0.5) is 0 Å². The summed E-state index contributed by atoms with van der Waals surface area (Å²) in [7, 11) is 0. The molecule has 208 valence electrons. The number of allylic oxidation sites excluding steroid dienone is 4. The van der Waals surface area contributed by atoms with Crippen molar-refractivity contribution in [2.24, 2.45) is 44.8 Å². The quantitative estimate of drug-likeness (QED) is 0.395. The molecule has 0 saturated heterocycles. The molecule has 6 heteroatoms. The lowest BCUT2D eigenvalue weighted by molar-refractivity contribution is -0.166. The summed E-state index contributed by atoms with van der Waals surface area (Å²) in [6, 6.07) is 2.20. The molecule has 1 heterocycles. The van der Waals surface area contributed by atoms with Crippen molar-refractivity contribution in [2.75, 3.05) is 0 Å². The van der Waals surface area contributed by atoms with Crippen LogP contribution in [0.2, 0.25) is 0 Å². The summed E-state index contributed by atoms with van der Waals surface area (Å²) in [5, 5.41) is 14.0. The molecular formula is C33H43N3O3. The maximum absolute atomic E-state index is 14.5. The molecule has 6 rings (SSSR count). The van der Waals surface area contributed by atoms with E-state index >= 15 is 0 Å². The van der Waals surface area contributed by atoms with Crippen LogP contribution in [-0.2, 0) is 15.0 Å². The SMILES string of the molecule is Cc1noc([C@@]2(C)CC[C@]3(C)CC[C@]4(C)[C@H](C(=O)C=C5[C@@]6(C)C=C(C#N)C(=O)C(C)(C)[C@@H]6CC[C@]54C)[C@@H]3C2)n1. The second kappa shape index (κ2) is 7.80. The van der Waals surface area contributed by atoms with E-state index < -0.39 is 10.8 Å². The zero-order valence-corrected chi connectivity index (χ0v) is 24.9. The Morgan fingerprint density at radius 2 is 1.69 bits per heavy atom. The van der Waals surface area contributed by atoms with E-state index in [-0.39, 0.29) is 56.6 Å². The molecule has 0 aromatic carbocycles. The Labute approximate surface area is 232 Å². The molecule has 0 radical (unpaired) electrons. The molecule has 0 aliphatic heterocycles. The van der Waals surface area contributed by atoms with Gasteiger partial charge in [-0.25, -0.2) is 0 Å². The van der Waals surface area contributed by atoms with Crippen molar-refractivity contribution in [1.82, 2.24) is 10.1 Å². The Balaban J connectivity index is 1.48. The van der Waals surface area contributed by atoms with Gasteiger partial charge in [-0.05, 0) is 86.0 Å². The molecule has 5 aliphatic carbocycles. The van der Waals surface area contributed by atoms with Gasteiger partial charge in [0.25, 0.3) is 0 Å². The predicted octanol–water partition coefficient (Wildman–Crippen LogP) is 6.85. The zero-order valence-electron chi connectivity index (χ0n) is 24.9. The van der Waals surface area contributed by atoms with Crippen molar-refractivity contribution in [1.29, 1.82) is 5.26 Å². The first-order chi connectivity index (χ1) is 18.1. The van der Waals surface area contributed by atoms with Crippen LogP contribution in [0.1, 0.15) is 105 Å². The van der Waals surface area contributed by atoms with Gasteiger partial charge in [-0.3, -0.25) is 9.59 Å². The number of hydrogen-bond donors (Lipinski definition) is 0. The smallest absolute Gasteiger partial charge is 0.232 e. The highest BCUT2D eigenvalue weighted by molar-refractivity contribution is 6.04. The minimum absolute atomic E-state index is 0.0610. The first-order valence-electron chi connectivity index (χ1n) is 14.8. The molecule has 0 unspecified atom stereocenters. The molecule has 6 nitrogen and oxygen atoms in total. The monoisotopic (exact) mass is 529 g/mol. The molecule has 5 aliphatic rings. The van der Waals surface area contributed by atoms with Crippen molar-refractivity contribution in [3.05, 3.63) is 35.0 Å².